The summed E-state index contributed by atoms with van der Waals surface area (Å²) in [4.78, 5) is 11.5. The molecule has 18 heavy (non-hydrogen) atoms. The third-order valence-electron chi connectivity index (χ3n) is 2.28. The molecule has 1 N–H and O–H groups in total. The average molecular weight is 245 g/mol. The van der Waals surface area contributed by atoms with E-state index < -0.39 is 0 Å². The smallest absolute Gasteiger partial charge is 0.249 e. The van der Waals surface area contributed by atoms with Gasteiger partial charge in [0.05, 0.1) is 0 Å². The number of hydrogen-bond acceptors (Lipinski definition) is 2. The molecule has 4 nitrogen and oxygen atoms in total. The van der Waals surface area contributed by atoms with Gasteiger partial charge in [0.1, 0.15) is 5.82 Å². The van der Waals surface area contributed by atoms with Gasteiger partial charge in [-0.3, -0.25) is 9.48 Å². The average Bonchev–Trinajstić information content (AvgIpc) is 2.74. The molecular weight excluding hydrogens is 233 g/mol. The number of halogens is 1. The highest BCUT2D eigenvalue weighted by Gasteiger charge is 2.01. The molecule has 0 bridgehead atoms. The number of carbonyl (C=O) groups excluding carboxylic acids is 1. The number of hydrogen-bond donors (Lipinski definition) is 1. The van der Waals surface area contributed by atoms with Crippen LogP contribution in [0.4, 0.5) is 10.2 Å². The first-order valence-corrected chi connectivity index (χ1v) is 5.38. The molecule has 0 spiro atoms. The zero-order chi connectivity index (χ0) is 13.0. The van der Waals surface area contributed by atoms with Crippen molar-refractivity contribution in [2.24, 2.45) is 7.05 Å². The molecule has 0 aliphatic carbocycles. The number of nitrogens with zero attached hydrogens (tertiary/aromatic N) is 2. The van der Waals surface area contributed by atoms with Crippen LogP contribution in [-0.4, -0.2) is 15.7 Å². The standard InChI is InChI=1S/C13H12FN3O/c1-17-9-8-12(16-17)15-13(18)7-6-10-4-2-3-5-11(10)14/h2-9H,1H3,(H,15,16,18)/b7-6+. The van der Waals surface area contributed by atoms with Gasteiger partial charge in [-0.2, -0.15) is 5.10 Å². The Morgan fingerprint density at radius 1 is 1.39 bits per heavy atom. The number of benzene rings is 1. The predicted octanol–water partition coefficient (Wildman–Crippen LogP) is 2.21. The maximum Gasteiger partial charge on any atom is 0.249 e. The summed E-state index contributed by atoms with van der Waals surface area (Å²) in [6, 6.07) is 7.92. The summed E-state index contributed by atoms with van der Waals surface area (Å²) in [5.41, 5.74) is 0.369. The van der Waals surface area contributed by atoms with Crippen LogP contribution >= 0.6 is 0 Å². The van der Waals surface area contributed by atoms with Gasteiger partial charge in [0.25, 0.3) is 0 Å². The van der Waals surface area contributed by atoms with E-state index in [1.165, 1.54) is 18.2 Å². The Labute approximate surface area is 104 Å². The number of carbonyl (C=O) groups is 1. The fraction of sp³-hybridized carbons (Fsp3) is 0.0769. The number of aryl methyl sites for hydroxylation is 1. The van der Waals surface area contributed by atoms with Gasteiger partial charge in [0, 0.05) is 31.0 Å². The van der Waals surface area contributed by atoms with E-state index in [2.05, 4.69) is 10.4 Å². The van der Waals surface area contributed by atoms with E-state index in [1.807, 2.05) is 0 Å². The first-order valence-electron chi connectivity index (χ1n) is 5.38. The topological polar surface area (TPSA) is 46.9 Å². The molecule has 0 radical (unpaired) electrons. The summed E-state index contributed by atoms with van der Waals surface area (Å²) < 4.78 is 14.9. The van der Waals surface area contributed by atoms with Crippen LogP contribution in [0.25, 0.3) is 6.08 Å². The van der Waals surface area contributed by atoms with Crippen molar-refractivity contribution < 1.29 is 9.18 Å². The van der Waals surface area contributed by atoms with Crippen LogP contribution in [0.1, 0.15) is 5.56 Å². The third kappa shape index (κ3) is 3.04. The van der Waals surface area contributed by atoms with Crippen molar-refractivity contribution in [3.05, 3.63) is 54.0 Å². The van der Waals surface area contributed by atoms with Gasteiger partial charge < -0.3 is 5.32 Å². The molecule has 1 amide bonds. The van der Waals surface area contributed by atoms with Crippen molar-refractivity contribution in [1.82, 2.24) is 9.78 Å². The van der Waals surface area contributed by atoms with Crippen molar-refractivity contribution >= 4 is 17.8 Å². The number of anilines is 1. The minimum Gasteiger partial charge on any atom is -0.306 e. The highest BCUT2D eigenvalue weighted by Crippen LogP contribution is 2.08. The molecule has 5 heteroatoms. The van der Waals surface area contributed by atoms with Crippen LogP contribution in [-0.2, 0) is 11.8 Å². The molecule has 0 saturated carbocycles. The van der Waals surface area contributed by atoms with Crippen molar-refractivity contribution in [3.63, 3.8) is 0 Å². The van der Waals surface area contributed by atoms with Gasteiger partial charge in [-0.15, -0.1) is 0 Å². The fourth-order valence-electron chi connectivity index (χ4n) is 1.43. The molecule has 1 heterocycles. The van der Waals surface area contributed by atoms with E-state index >= 15 is 0 Å². The third-order valence-corrected chi connectivity index (χ3v) is 2.28. The molecule has 2 rings (SSSR count). The van der Waals surface area contributed by atoms with E-state index in [-0.39, 0.29) is 11.7 Å². The Balaban J connectivity index is 2.01. The first-order chi connectivity index (χ1) is 8.65. The van der Waals surface area contributed by atoms with Gasteiger partial charge in [0.15, 0.2) is 5.82 Å². The lowest BCUT2D eigenvalue weighted by Crippen LogP contribution is -2.08. The lowest BCUT2D eigenvalue weighted by molar-refractivity contribution is -0.111. The summed E-state index contributed by atoms with van der Waals surface area (Å²) in [6.07, 6.45) is 4.41. The van der Waals surface area contributed by atoms with E-state index in [0.717, 1.165) is 0 Å². The van der Waals surface area contributed by atoms with Crippen molar-refractivity contribution in [1.29, 1.82) is 0 Å². The minimum absolute atomic E-state index is 0.350. The first kappa shape index (κ1) is 12.0. The molecule has 0 unspecified atom stereocenters. The number of nitrogens with one attached hydrogen (secondary N) is 1. The number of aromatic nitrogens is 2. The Hall–Kier alpha value is -2.43. The second kappa shape index (κ2) is 5.27. The normalized spacial score (nSPS) is 10.8. The van der Waals surface area contributed by atoms with Crippen LogP contribution in [0.3, 0.4) is 0 Å². The van der Waals surface area contributed by atoms with Crippen LogP contribution < -0.4 is 5.32 Å². The van der Waals surface area contributed by atoms with Crippen LogP contribution in [0.5, 0.6) is 0 Å². The van der Waals surface area contributed by atoms with Crippen molar-refractivity contribution in [3.8, 4) is 0 Å². The van der Waals surface area contributed by atoms with E-state index in [1.54, 1.807) is 42.2 Å². The fourth-order valence-corrected chi connectivity index (χ4v) is 1.43. The van der Waals surface area contributed by atoms with E-state index in [0.29, 0.717) is 11.4 Å². The van der Waals surface area contributed by atoms with Gasteiger partial charge in [-0.1, -0.05) is 18.2 Å². The highest BCUT2D eigenvalue weighted by molar-refractivity contribution is 6.01. The molecule has 0 aliphatic heterocycles. The predicted molar refractivity (Wildman–Crippen MR) is 67.3 cm³/mol. The molecule has 92 valence electrons. The van der Waals surface area contributed by atoms with Crippen LogP contribution in [0.2, 0.25) is 0 Å². The van der Waals surface area contributed by atoms with Crippen LogP contribution in [0.15, 0.2) is 42.6 Å². The molecule has 0 saturated heterocycles. The molecule has 0 atom stereocenters. The lowest BCUT2D eigenvalue weighted by atomic mass is 10.2. The lowest BCUT2D eigenvalue weighted by Gasteiger charge is -1.97. The Morgan fingerprint density at radius 3 is 2.83 bits per heavy atom. The summed E-state index contributed by atoms with van der Waals surface area (Å²) >= 11 is 0. The van der Waals surface area contributed by atoms with E-state index in [4.69, 9.17) is 0 Å². The zero-order valence-electron chi connectivity index (χ0n) is 9.80. The van der Waals surface area contributed by atoms with Gasteiger partial charge >= 0.3 is 0 Å². The Bertz CT molecular complexity index is 589. The second-order valence-corrected chi connectivity index (χ2v) is 3.72. The molecule has 0 aliphatic rings. The summed E-state index contributed by atoms with van der Waals surface area (Å²) in [5.74, 6) is -0.253. The SMILES string of the molecule is Cn1ccc(NC(=O)/C=C/c2ccccc2F)n1. The van der Waals surface area contributed by atoms with Crippen molar-refractivity contribution in [2.75, 3.05) is 5.32 Å². The van der Waals surface area contributed by atoms with Crippen LogP contribution in [0, 0.1) is 5.82 Å². The van der Waals surface area contributed by atoms with Gasteiger partial charge in [0.2, 0.25) is 5.91 Å². The maximum absolute atomic E-state index is 13.3. The van der Waals surface area contributed by atoms with Gasteiger partial charge in [-0.05, 0) is 12.1 Å². The van der Waals surface area contributed by atoms with E-state index in [9.17, 15) is 9.18 Å². The van der Waals surface area contributed by atoms with Crippen molar-refractivity contribution in [2.45, 2.75) is 0 Å². The summed E-state index contributed by atoms with van der Waals surface area (Å²) in [7, 11) is 1.75. The number of amides is 1. The van der Waals surface area contributed by atoms with Gasteiger partial charge in [-0.25, -0.2) is 4.39 Å². The quantitative estimate of drug-likeness (QED) is 0.843. The monoisotopic (exact) mass is 245 g/mol. The number of rotatable bonds is 3. The zero-order valence-corrected chi connectivity index (χ0v) is 9.80. The maximum atomic E-state index is 13.3. The molecule has 1 aromatic carbocycles. The molecule has 0 fully saturated rings. The summed E-state index contributed by atoms with van der Waals surface area (Å²) in [6.45, 7) is 0. The molecule has 2 aromatic rings. The largest absolute Gasteiger partial charge is 0.306 e. The second-order valence-electron chi connectivity index (χ2n) is 3.72. The summed E-state index contributed by atoms with van der Waals surface area (Å²) in [5, 5.41) is 6.57. The molecule has 1 aromatic heterocycles. The Morgan fingerprint density at radius 2 is 2.17 bits per heavy atom. The Kier molecular flexibility index (Phi) is 3.52. The minimum atomic E-state index is -0.362. The molecular formula is C13H12FN3O. The highest BCUT2D eigenvalue weighted by atomic mass is 19.1.